The van der Waals surface area contributed by atoms with Crippen molar-refractivity contribution in [3.63, 3.8) is 0 Å². The Morgan fingerprint density at radius 1 is 1.37 bits per heavy atom. The first kappa shape index (κ1) is 18.7. The average Bonchev–Trinajstić information content (AvgIpc) is 3.11. The van der Waals surface area contributed by atoms with Gasteiger partial charge in [-0.15, -0.1) is 0 Å². The van der Waals surface area contributed by atoms with Gasteiger partial charge in [-0.2, -0.15) is 4.98 Å². The molecule has 2 atom stereocenters. The number of aromatic nitrogens is 4. The van der Waals surface area contributed by atoms with E-state index in [-0.39, 0.29) is 28.7 Å². The van der Waals surface area contributed by atoms with Crippen LogP contribution in [0.15, 0.2) is 41.2 Å². The minimum Gasteiger partial charge on any atom is -0.339 e. The summed E-state index contributed by atoms with van der Waals surface area (Å²) in [5, 5.41) is 7.01. The van der Waals surface area contributed by atoms with Gasteiger partial charge in [-0.3, -0.25) is 9.20 Å². The minimum atomic E-state index is -0.983. The summed E-state index contributed by atoms with van der Waals surface area (Å²) in [7, 11) is 0. The van der Waals surface area contributed by atoms with Crippen LogP contribution in [0.3, 0.4) is 0 Å². The number of halogens is 3. The Kier molecular flexibility index (Phi) is 4.28. The lowest BCUT2D eigenvalue weighted by Gasteiger charge is -2.10. The maximum atomic E-state index is 14.5. The quantitative estimate of drug-likeness (QED) is 0.514. The second kappa shape index (κ2) is 6.88. The number of benzene rings is 1. The first-order valence-corrected chi connectivity index (χ1v) is 9.50. The number of carbonyl (C=O) groups excluding carboxylic acids is 1. The van der Waals surface area contributed by atoms with Gasteiger partial charge < -0.3 is 9.84 Å². The van der Waals surface area contributed by atoms with Crippen molar-refractivity contribution in [3.8, 4) is 11.4 Å². The normalized spacial score (nSPS) is 18.0. The van der Waals surface area contributed by atoms with Crippen molar-refractivity contribution in [2.24, 2.45) is 0 Å². The van der Waals surface area contributed by atoms with Gasteiger partial charge in [-0.25, -0.2) is 13.8 Å². The molecule has 0 aliphatic heterocycles. The highest BCUT2D eigenvalue weighted by molar-refractivity contribution is 6.30. The fourth-order valence-electron chi connectivity index (χ4n) is 3.17. The van der Waals surface area contributed by atoms with E-state index in [9.17, 15) is 13.6 Å². The van der Waals surface area contributed by atoms with Crippen LogP contribution in [-0.4, -0.2) is 31.6 Å². The molecule has 1 aliphatic carbocycles. The monoisotopic (exact) mass is 429 g/mol. The van der Waals surface area contributed by atoms with Gasteiger partial charge >= 0.3 is 0 Å². The van der Waals surface area contributed by atoms with Gasteiger partial charge in [-0.05, 0) is 31.5 Å². The van der Waals surface area contributed by atoms with Crippen molar-refractivity contribution < 1.29 is 18.1 Å². The smallest absolute Gasteiger partial charge is 0.274 e. The third kappa shape index (κ3) is 3.21. The molecule has 1 aliphatic rings. The van der Waals surface area contributed by atoms with Crippen LogP contribution in [-0.2, 0) is 0 Å². The predicted molar refractivity (Wildman–Crippen MR) is 105 cm³/mol. The number of alkyl halides is 1. The maximum absolute atomic E-state index is 14.5. The Morgan fingerprint density at radius 2 is 2.17 bits per heavy atom. The largest absolute Gasteiger partial charge is 0.339 e. The van der Waals surface area contributed by atoms with Gasteiger partial charge in [0.15, 0.2) is 0 Å². The molecule has 1 amide bonds. The molecule has 3 heterocycles. The van der Waals surface area contributed by atoms with E-state index in [4.69, 9.17) is 16.1 Å². The number of nitrogens with one attached hydrogen (secondary N) is 1. The topological polar surface area (TPSA) is 85.3 Å². The zero-order valence-corrected chi connectivity index (χ0v) is 16.3. The number of imidazole rings is 1. The van der Waals surface area contributed by atoms with Crippen LogP contribution in [0.1, 0.15) is 34.3 Å². The van der Waals surface area contributed by atoms with Crippen molar-refractivity contribution >= 4 is 28.8 Å². The van der Waals surface area contributed by atoms with Crippen LogP contribution in [0.25, 0.3) is 17.0 Å². The average molecular weight is 430 g/mol. The number of carbonyl (C=O) groups is 1. The zero-order valence-electron chi connectivity index (χ0n) is 15.6. The molecule has 10 heteroatoms. The Bertz CT molecular complexity index is 1300. The summed E-state index contributed by atoms with van der Waals surface area (Å²) < 4.78 is 34.4. The lowest BCUT2D eigenvalue weighted by Crippen LogP contribution is -2.15. The molecule has 1 saturated carbocycles. The van der Waals surface area contributed by atoms with Crippen LogP contribution < -0.4 is 5.32 Å². The maximum Gasteiger partial charge on any atom is 0.274 e. The first-order valence-electron chi connectivity index (χ1n) is 9.13. The number of amides is 1. The van der Waals surface area contributed by atoms with Gasteiger partial charge in [-0.1, -0.05) is 16.8 Å². The summed E-state index contributed by atoms with van der Waals surface area (Å²) in [6.07, 6.45) is 2.39. The summed E-state index contributed by atoms with van der Waals surface area (Å²) in [5.74, 6) is -1.11. The highest BCUT2D eigenvalue weighted by atomic mass is 35.5. The first-order chi connectivity index (χ1) is 14.4. The van der Waals surface area contributed by atoms with E-state index >= 15 is 0 Å². The van der Waals surface area contributed by atoms with Crippen molar-refractivity contribution in [1.82, 2.24) is 19.5 Å². The van der Waals surface area contributed by atoms with E-state index in [0.717, 1.165) is 0 Å². The molecule has 5 rings (SSSR count). The van der Waals surface area contributed by atoms with E-state index in [1.807, 2.05) is 0 Å². The summed E-state index contributed by atoms with van der Waals surface area (Å²) in [4.78, 5) is 21.1. The highest BCUT2D eigenvalue weighted by Crippen LogP contribution is 2.43. The molecule has 1 aromatic carbocycles. The van der Waals surface area contributed by atoms with Crippen molar-refractivity contribution in [2.45, 2.75) is 25.4 Å². The Morgan fingerprint density at radius 3 is 2.93 bits per heavy atom. The molecule has 0 radical (unpaired) electrons. The second-order valence-electron chi connectivity index (χ2n) is 7.12. The molecule has 1 N–H and O–H groups in total. The molecule has 1 fully saturated rings. The number of nitrogens with zero attached hydrogens (tertiary/aromatic N) is 4. The van der Waals surface area contributed by atoms with Gasteiger partial charge in [0.1, 0.15) is 23.3 Å². The predicted octanol–water partition coefficient (Wildman–Crippen LogP) is 4.56. The van der Waals surface area contributed by atoms with Gasteiger partial charge in [0.05, 0.1) is 12.1 Å². The third-order valence-electron chi connectivity index (χ3n) is 5.03. The molecule has 30 heavy (non-hydrogen) atoms. The van der Waals surface area contributed by atoms with E-state index in [1.165, 1.54) is 12.3 Å². The number of pyridine rings is 1. The molecule has 152 valence electrons. The minimum absolute atomic E-state index is 0.128. The number of anilines is 1. The lowest BCUT2D eigenvalue weighted by atomic mass is 10.1. The summed E-state index contributed by atoms with van der Waals surface area (Å²) in [6, 6.07) is 6.05. The Hall–Kier alpha value is -3.33. The van der Waals surface area contributed by atoms with Gasteiger partial charge in [0, 0.05) is 34.1 Å². The van der Waals surface area contributed by atoms with Crippen LogP contribution in [0, 0.1) is 12.7 Å². The summed E-state index contributed by atoms with van der Waals surface area (Å²) >= 11 is 5.95. The van der Waals surface area contributed by atoms with E-state index in [2.05, 4.69) is 20.4 Å². The number of hydrogen-bond donors (Lipinski definition) is 1. The van der Waals surface area contributed by atoms with Gasteiger partial charge in [0.25, 0.3) is 5.91 Å². The molecular formula is C20H14ClF2N5O2. The standard InChI is InChI=1S/C20H14ClF2N5O2/c1-9-13(22)4-10(18-26-20(30-27-18)12-7-14(12)23)5-15(9)25-19(29)16-8-24-17-6-11(21)2-3-28(16)17/h2-6,8,12,14H,7H2,1H3,(H,25,29)/t12-,14-/m0/s1. The number of hydrogen-bond acceptors (Lipinski definition) is 5. The Balaban J connectivity index is 1.46. The molecule has 0 saturated heterocycles. The van der Waals surface area contributed by atoms with Crippen molar-refractivity contribution in [3.05, 3.63) is 64.6 Å². The molecule has 0 bridgehead atoms. The molecule has 7 nitrogen and oxygen atoms in total. The van der Waals surface area contributed by atoms with E-state index in [1.54, 1.807) is 35.7 Å². The van der Waals surface area contributed by atoms with Crippen molar-refractivity contribution in [2.75, 3.05) is 5.32 Å². The molecule has 0 spiro atoms. The number of fused-ring (bicyclic) bond motifs is 1. The van der Waals surface area contributed by atoms with Crippen LogP contribution >= 0.6 is 11.6 Å². The summed E-state index contributed by atoms with van der Waals surface area (Å²) in [5.41, 5.74) is 1.58. The van der Waals surface area contributed by atoms with E-state index in [0.29, 0.717) is 22.7 Å². The fourth-order valence-corrected chi connectivity index (χ4v) is 3.32. The molecule has 3 aromatic heterocycles. The fraction of sp³-hybridized carbons (Fsp3) is 0.200. The molecular weight excluding hydrogens is 416 g/mol. The molecule has 0 unspecified atom stereocenters. The highest BCUT2D eigenvalue weighted by Gasteiger charge is 2.43. The van der Waals surface area contributed by atoms with Crippen LogP contribution in [0.5, 0.6) is 0 Å². The van der Waals surface area contributed by atoms with Gasteiger partial charge in [0.2, 0.25) is 11.7 Å². The van der Waals surface area contributed by atoms with Crippen molar-refractivity contribution in [1.29, 1.82) is 0 Å². The van der Waals surface area contributed by atoms with Crippen LogP contribution in [0.2, 0.25) is 5.02 Å². The lowest BCUT2D eigenvalue weighted by molar-refractivity contribution is 0.102. The third-order valence-corrected chi connectivity index (χ3v) is 5.27. The van der Waals surface area contributed by atoms with Crippen LogP contribution in [0.4, 0.5) is 14.5 Å². The molecule has 4 aromatic rings. The second-order valence-corrected chi connectivity index (χ2v) is 7.55. The summed E-state index contributed by atoms with van der Waals surface area (Å²) in [6.45, 7) is 1.54. The SMILES string of the molecule is Cc1c(F)cc(-c2noc([C@H]3C[C@@H]3F)n2)cc1NC(=O)c1cnc2cc(Cl)ccn12. The number of rotatable bonds is 4. The zero-order chi connectivity index (χ0) is 21.0. The Labute approximate surface area is 173 Å². The van der Waals surface area contributed by atoms with E-state index < -0.39 is 23.8 Å².